The normalized spacial score (nSPS) is 10.5. The van der Waals surface area contributed by atoms with Gasteiger partial charge in [0.15, 0.2) is 0 Å². The van der Waals surface area contributed by atoms with Crippen LogP contribution >= 0.6 is 0 Å². The summed E-state index contributed by atoms with van der Waals surface area (Å²) in [7, 11) is 0. The van der Waals surface area contributed by atoms with Crippen molar-refractivity contribution in [2.45, 2.75) is 84.5 Å². The van der Waals surface area contributed by atoms with Gasteiger partial charge in [0.05, 0.1) is 0 Å². The van der Waals surface area contributed by atoms with Crippen LogP contribution < -0.4 is 0 Å². The molecule has 0 N–H and O–H groups in total. The minimum atomic E-state index is 0.867. The molecule has 0 bridgehead atoms. The zero-order chi connectivity index (χ0) is 18.9. The molecule has 26 heavy (non-hydrogen) atoms. The van der Waals surface area contributed by atoms with Crippen LogP contribution in [0.3, 0.4) is 0 Å². The number of hydrogen-bond donors (Lipinski definition) is 0. The Hall–Kier alpha value is -1.64. The summed E-state index contributed by atoms with van der Waals surface area (Å²) in [5.74, 6) is 0. The lowest BCUT2D eigenvalue weighted by Gasteiger charge is -2.17. The summed E-state index contributed by atoms with van der Waals surface area (Å²) in [6.45, 7) is 6.26. The highest BCUT2D eigenvalue weighted by Crippen LogP contribution is 2.16. The van der Waals surface area contributed by atoms with Gasteiger partial charge in [0, 0.05) is 25.5 Å². The van der Waals surface area contributed by atoms with E-state index in [4.69, 9.17) is 0 Å². The molecule has 3 heteroatoms. The Morgan fingerprint density at radius 3 is 2.38 bits per heavy atom. The molecule has 1 aromatic rings. The topological polar surface area (TPSA) is 33.2 Å². The molecule has 1 heterocycles. The molecule has 0 fully saturated rings. The van der Waals surface area contributed by atoms with Gasteiger partial charge in [-0.2, -0.15) is 0 Å². The van der Waals surface area contributed by atoms with Crippen molar-refractivity contribution in [3.63, 3.8) is 0 Å². The number of amides is 1. The van der Waals surface area contributed by atoms with Crippen molar-refractivity contribution in [3.05, 3.63) is 41.7 Å². The number of nitrogens with zero attached hydrogens (tertiary/aromatic N) is 2. The van der Waals surface area contributed by atoms with Crippen LogP contribution in [-0.2, 0) is 11.2 Å². The van der Waals surface area contributed by atoms with Gasteiger partial charge in [-0.3, -0.25) is 9.78 Å². The molecule has 0 unspecified atom stereocenters. The highest BCUT2D eigenvalue weighted by atomic mass is 16.1. The van der Waals surface area contributed by atoms with Gasteiger partial charge in [-0.25, -0.2) is 0 Å². The number of pyridine rings is 1. The van der Waals surface area contributed by atoms with Gasteiger partial charge >= 0.3 is 0 Å². The Morgan fingerprint density at radius 2 is 1.77 bits per heavy atom. The molecular weight excluding hydrogens is 320 g/mol. The van der Waals surface area contributed by atoms with E-state index < -0.39 is 0 Å². The van der Waals surface area contributed by atoms with E-state index in [9.17, 15) is 4.79 Å². The van der Waals surface area contributed by atoms with Crippen molar-refractivity contribution >= 4 is 6.41 Å². The maximum absolute atomic E-state index is 11.3. The highest BCUT2D eigenvalue weighted by molar-refractivity contribution is 5.46. The summed E-state index contributed by atoms with van der Waals surface area (Å²) >= 11 is 0. The fourth-order valence-electron chi connectivity index (χ4n) is 3.14. The standard InChI is InChI=1S/C23H38N2O/c1-3-5-12-22(13-6-4-2)14-7-9-18-25(21-26)19-10-8-15-23-16-11-17-24-20-23/h11,14,16-17,20-21H,3-10,12-13,15,18-19H2,1-2H3. The third-order valence-electron chi connectivity index (χ3n) is 4.82. The second-order valence-electron chi connectivity index (χ2n) is 7.17. The van der Waals surface area contributed by atoms with Gasteiger partial charge in [0.2, 0.25) is 6.41 Å². The minimum absolute atomic E-state index is 0.867. The van der Waals surface area contributed by atoms with Crippen molar-refractivity contribution in [3.8, 4) is 0 Å². The molecule has 0 aliphatic heterocycles. The Balaban J connectivity index is 2.20. The van der Waals surface area contributed by atoms with Crippen molar-refractivity contribution in [2.24, 2.45) is 0 Å². The van der Waals surface area contributed by atoms with Crippen LogP contribution in [0.2, 0.25) is 0 Å². The van der Waals surface area contributed by atoms with Crippen LogP contribution in [0.1, 0.15) is 83.6 Å². The third kappa shape index (κ3) is 11.1. The maximum atomic E-state index is 11.3. The van der Waals surface area contributed by atoms with Gasteiger partial charge in [-0.1, -0.05) is 44.4 Å². The molecule has 146 valence electrons. The molecule has 1 aromatic heterocycles. The summed E-state index contributed by atoms with van der Waals surface area (Å²) < 4.78 is 0. The first-order valence-corrected chi connectivity index (χ1v) is 10.6. The molecule has 0 aliphatic carbocycles. The monoisotopic (exact) mass is 358 g/mol. The van der Waals surface area contributed by atoms with E-state index in [0.29, 0.717) is 0 Å². The van der Waals surface area contributed by atoms with E-state index >= 15 is 0 Å². The van der Waals surface area contributed by atoms with Gasteiger partial charge in [0.25, 0.3) is 0 Å². The van der Waals surface area contributed by atoms with Crippen molar-refractivity contribution < 1.29 is 4.79 Å². The number of aromatic nitrogens is 1. The number of rotatable bonds is 16. The first kappa shape index (κ1) is 22.4. The second kappa shape index (κ2) is 15.6. The predicted molar refractivity (Wildman–Crippen MR) is 111 cm³/mol. The zero-order valence-electron chi connectivity index (χ0n) is 17.0. The molecule has 0 aliphatic rings. The molecule has 0 atom stereocenters. The SMILES string of the molecule is CCCCC(=CCCCN(C=O)CCCCc1cccnc1)CCCC. The van der Waals surface area contributed by atoms with Gasteiger partial charge < -0.3 is 4.90 Å². The molecule has 0 spiro atoms. The number of hydrogen-bond acceptors (Lipinski definition) is 2. The number of aryl methyl sites for hydroxylation is 1. The maximum Gasteiger partial charge on any atom is 0.209 e. The van der Waals surface area contributed by atoms with E-state index in [0.717, 1.165) is 51.6 Å². The van der Waals surface area contributed by atoms with Crippen LogP contribution in [0.4, 0.5) is 0 Å². The lowest BCUT2D eigenvalue weighted by molar-refractivity contribution is -0.118. The fourth-order valence-corrected chi connectivity index (χ4v) is 3.14. The molecule has 0 saturated heterocycles. The third-order valence-corrected chi connectivity index (χ3v) is 4.82. The lowest BCUT2D eigenvalue weighted by Crippen LogP contribution is -2.24. The Kier molecular flexibility index (Phi) is 13.4. The van der Waals surface area contributed by atoms with Crippen LogP contribution in [0.5, 0.6) is 0 Å². The van der Waals surface area contributed by atoms with Gasteiger partial charge in [-0.15, -0.1) is 0 Å². The van der Waals surface area contributed by atoms with Crippen molar-refractivity contribution in [2.75, 3.05) is 13.1 Å². The zero-order valence-corrected chi connectivity index (χ0v) is 17.0. The molecule has 0 aromatic carbocycles. The first-order chi connectivity index (χ1) is 12.8. The van der Waals surface area contributed by atoms with Gasteiger partial charge in [0.1, 0.15) is 0 Å². The molecule has 0 saturated carbocycles. The number of carbonyl (C=O) groups excluding carboxylic acids is 1. The van der Waals surface area contributed by atoms with Crippen molar-refractivity contribution in [1.29, 1.82) is 0 Å². The molecule has 0 radical (unpaired) electrons. The van der Waals surface area contributed by atoms with E-state index in [1.54, 1.807) is 5.57 Å². The summed E-state index contributed by atoms with van der Waals surface area (Å²) in [5, 5.41) is 0. The van der Waals surface area contributed by atoms with Crippen LogP contribution in [0.25, 0.3) is 0 Å². The molecule has 3 nitrogen and oxygen atoms in total. The van der Waals surface area contributed by atoms with Crippen LogP contribution in [-0.4, -0.2) is 29.4 Å². The lowest BCUT2D eigenvalue weighted by atomic mass is 10.0. The fraction of sp³-hybridized carbons (Fsp3) is 0.652. The summed E-state index contributed by atoms with van der Waals surface area (Å²) in [4.78, 5) is 17.4. The predicted octanol–water partition coefficient (Wildman–Crippen LogP) is 5.95. The molecule has 1 rings (SSSR count). The van der Waals surface area contributed by atoms with Crippen LogP contribution in [0.15, 0.2) is 36.2 Å². The number of allylic oxidation sites excluding steroid dienone is 2. The minimum Gasteiger partial charge on any atom is -0.345 e. The van der Waals surface area contributed by atoms with Crippen molar-refractivity contribution in [1.82, 2.24) is 9.88 Å². The Labute approximate surface area is 160 Å². The summed E-state index contributed by atoms with van der Waals surface area (Å²) in [6.07, 6.45) is 20.2. The highest BCUT2D eigenvalue weighted by Gasteiger charge is 2.02. The van der Waals surface area contributed by atoms with E-state index in [1.165, 1.54) is 44.1 Å². The smallest absolute Gasteiger partial charge is 0.209 e. The molecular formula is C23H38N2O. The quantitative estimate of drug-likeness (QED) is 0.208. The van der Waals surface area contributed by atoms with E-state index in [2.05, 4.69) is 31.0 Å². The second-order valence-corrected chi connectivity index (χ2v) is 7.17. The van der Waals surface area contributed by atoms with E-state index in [-0.39, 0.29) is 0 Å². The van der Waals surface area contributed by atoms with Crippen LogP contribution in [0, 0.1) is 0 Å². The number of unbranched alkanes of at least 4 members (excludes halogenated alkanes) is 4. The number of carbonyl (C=O) groups is 1. The first-order valence-electron chi connectivity index (χ1n) is 10.6. The van der Waals surface area contributed by atoms with Gasteiger partial charge in [-0.05, 0) is 69.4 Å². The Morgan fingerprint density at radius 1 is 1.04 bits per heavy atom. The summed E-state index contributed by atoms with van der Waals surface area (Å²) in [6, 6.07) is 4.10. The summed E-state index contributed by atoms with van der Waals surface area (Å²) in [5.41, 5.74) is 2.91. The Bertz CT molecular complexity index is 474. The van der Waals surface area contributed by atoms with E-state index in [1.807, 2.05) is 23.4 Å². The average molecular weight is 359 g/mol. The molecule has 1 amide bonds. The largest absolute Gasteiger partial charge is 0.345 e. The average Bonchev–Trinajstić information content (AvgIpc) is 2.68.